The minimum atomic E-state index is -1.07. The molecular weight excluding hydrogens is 262 g/mol. The third-order valence-corrected chi connectivity index (χ3v) is 3.14. The molecule has 2 aromatic rings. The van der Waals surface area contributed by atoms with Crippen LogP contribution in [0, 0.1) is 18.3 Å². The van der Waals surface area contributed by atoms with E-state index in [-0.39, 0.29) is 5.69 Å². The third kappa shape index (κ3) is 3.30. The van der Waals surface area contributed by atoms with E-state index >= 15 is 0 Å². The second kappa shape index (κ2) is 5.50. The van der Waals surface area contributed by atoms with Crippen LogP contribution >= 0.6 is 11.8 Å². The summed E-state index contributed by atoms with van der Waals surface area (Å²) in [5, 5.41) is 18.4. The summed E-state index contributed by atoms with van der Waals surface area (Å²) < 4.78 is 0. The largest absolute Gasteiger partial charge is 0.477 e. The highest BCUT2D eigenvalue weighted by Crippen LogP contribution is 2.27. The minimum Gasteiger partial charge on any atom is -0.477 e. The van der Waals surface area contributed by atoms with Crippen molar-refractivity contribution < 1.29 is 9.90 Å². The van der Waals surface area contributed by atoms with Crippen molar-refractivity contribution >= 4 is 17.7 Å². The zero-order chi connectivity index (χ0) is 13.8. The first-order valence-corrected chi connectivity index (χ1v) is 6.16. The highest BCUT2D eigenvalue weighted by atomic mass is 32.2. The molecule has 2 rings (SSSR count). The van der Waals surface area contributed by atoms with Gasteiger partial charge in [-0.2, -0.15) is 5.26 Å². The van der Waals surface area contributed by atoms with Crippen LogP contribution in [0.25, 0.3) is 0 Å². The van der Waals surface area contributed by atoms with Gasteiger partial charge in [-0.15, -0.1) is 0 Å². The molecule has 0 aromatic carbocycles. The fourth-order valence-electron chi connectivity index (χ4n) is 1.47. The van der Waals surface area contributed by atoms with Crippen LogP contribution in [0.3, 0.4) is 0 Å². The van der Waals surface area contributed by atoms with Crippen molar-refractivity contribution in [2.24, 2.45) is 0 Å². The van der Waals surface area contributed by atoms with E-state index in [1.807, 2.05) is 0 Å². The molecule has 0 atom stereocenters. The second-order valence-electron chi connectivity index (χ2n) is 3.73. The van der Waals surface area contributed by atoms with Gasteiger partial charge < -0.3 is 5.11 Å². The standard InChI is InChI=1S/C13H9N3O2S/c1-8-4-9(7-14)5-12(16-8)19-10-2-3-15-11(6-10)13(17)18/h2-6H,1H3,(H,17,18). The average molecular weight is 271 g/mol. The zero-order valence-electron chi connectivity index (χ0n) is 9.99. The van der Waals surface area contributed by atoms with Crippen LogP contribution < -0.4 is 0 Å². The fourth-order valence-corrected chi connectivity index (χ4v) is 2.38. The number of pyridine rings is 2. The molecular formula is C13H9N3O2S. The Morgan fingerprint density at radius 1 is 1.42 bits per heavy atom. The number of aryl methyl sites for hydroxylation is 1. The number of aromatic nitrogens is 2. The van der Waals surface area contributed by atoms with Crippen molar-refractivity contribution in [2.45, 2.75) is 16.8 Å². The molecule has 1 N–H and O–H groups in total. The normalized spacial score (nSPS) is 9.89. The summed E-state index contributed by atoms with van der Waals surface area (Å²) in [5.41, 5.74) is 1.26. The molecule has 0 saturated heterocycles. The quantitative estimate of drug-likeness (QED) is 0.922. The van der Waals surface area contributed by atoms with Gasteiger partial charge in [0.05, 0.1) is 11.6 Å². The lowest BCUT2D eigenvalue weighted by Crippen LogP contribution is -1.99. The van der Waals surface area contributed by atoms with Crippen molar-refractivity contribution in [1.82, 2.24) is 9.97 Å². The number of hydrogen-bond acceptors (Lipinski definition) is 5. The van der Waals surface area contributed by atoms with E-state index in [1.165, 1.54) is 24.0 Å². The number of hydrogen-bond donors (Lipinski definition) is 1. The molecule has 0 aliphatic rings. The van der Waals surface area contributed by atoms with E-state index in [0.29, 0.717) is 10.6 Å². The van der Waals surface area contributed by atoms with Gasteiger partial charge in [-0.3, -0.25) is 0 Å². The molecule has 0 saturated carbocycles. The Morgan fingerprint density at radius 2 is 2.21 bits per heavy atom. The number of rotatable bonds is 3. The van der Waals surface area contributed by atoms with Crippen LogP contribution in [0.5, 0.6) is 0 Å². The monoisotopic (exact) mass is 271 g/mol. The number of carbonyl (C=O) groups is 1. The highest BCUT2D eigenvalue weighted by molar-refractivity contribution is 7.99. The van der Waals surface area contributed by atoms with Crippen LogP contribution in [-0.2, 0) is 0 Å². The molecule has 6 heteroatoms. The van der Waals surface area contributed by atoms with Crippen molar-refractivity contribution in [3.8, 4) is 6.07 Å². The first kappa shape index (κ1) is 13.1. The number of nitrogens with zero attached hydrogens (tertiary/aromatic N) is 3. The maximum atomic E-state index is 10.8. The Morgan fingerprint density at radius 3 is 2.89 bits per heavy atom. The summed E-state index contributed by atoms with van der Waals surface area (Å²) in [5.74, 6) is -1.07. The Balaban J connectivity index is 2.31. The molecule has 0 aliphatic carbocycles. The van der Waals surface area contributed by atoms with E-state index < -0.39 is 5.97 Å². The topological polar surface area (TPSA) is 86.9 Å². The van der Waals surface area contributed by atoms with Crippen LogP contribution in [0.4, 0.5) is 0 Å². The summed E-state index contributed by atoms with van der Waals surface area (Å²) in [6.07, 6.45) is 1.44. The van der Waals surface area contributed by atoms with Crippen LogP contribution in [0.2, 0.25) is 0 Å². The smallest absolute Gasteiger partial charge is 0.354 e. The van der Waals surface area contributed by atoms with Gasteiger partial charge in [-0.05, 0) is 31.2 Å². The number of carboxylic acids is 1. The lowest BCUT2D eigenvalue weighted by molar-refractivity contribution is 0.0690. The van der Waals surface area contributed by atoms with Crippen molar-refractivity contribution in [3.63, 3.8) is 0 Å². The molecule has 2 aromatic heterocycles. The summed E-state index contributed by atoms with van der Waals surface area (Å²) in [4.78, 5) is 19.6. The SMILES string of the molecule is Cc1cc(C#N)cc(Sc2ccnc(C(=O)O)c2)n1. The third-order valence-electron chi connectivity index (χ3n) is 2.23. The number of carboxylic acid groups (broad SMARTS) is 1. The summed E-state index contributed by atoms with van der Waals surface area (Å²) >= 11 is 1.30. The Hall–Kier alpha value is -2.39. The molecule has 0 bridgehead atoms. The average Bonchev–Trinajstić information content (AvgIpc) is 2.38. The van der Waals surface area contributed by atoms with Gasteiger partial charge in [-0.1, -0.05) is 11.8 Å². The summed E-state index contributed by atoms with van der Waals surface area (Å²) in [6.45, 7) is 1.81. The van der Waals surface area contributed by atoms with Gasteiger partial charge in [0.15, 0.2) is 0 Å². The van der Waals surface area contributed by atoms with E-state index in [2.05, 4.69) is 16.0 Å². The predicted molar refractivity (Wildman–Crippen MR) is 69.0 cm³/mol. The predicted octanol–water partition coefficient (Wildman–Crippen LogP) is 2.51. The molecule has 0 spiro atoms. The van der Waals surface area contributed by atoms with Crippen LogP contribution in [-0.4, -0.2) is 21.0 Å². The van der Waals surface area contributed by atoms with Crippen LogP contribution in [0.1, 0.15) is 21.7 Å². The van der Waals surface area contributed by atoms with Gasteiger partial charge in [-0.25, -0.2) is 14.8 Å². The number of aromatic carboxylic acids is 1. The van der Waals surface area contributed by atoms with Gasteiger partial charge >= 0.3 is 5.97 Å². The molecule has 19 heavy (non-hydrogen) atoms. The lowest BCUT2D eigenvalue weighted by atomic mass is 10.2. The maximum absolute atomic E-state index is 10.8. The van der Waals surface area contributed by atoms with Crippen molar-refractivity contribution in [2.75, 3.05) is 0 Å². The number of nitriles is 1. The Kier molecular flexibility index (Phi) is 3.78. The van der Waals surface area contributed by atoms with E-state index in [9.17, 15) is 4.79 Å². The van der Waals surface area contributed by atoms with E-state index in [1.54, 1.807) is 25.1 Å². The van der Waals surface area contributed by atoms with Gasteiger partial charge in [0.2, 0.25) is 0 Å². The molecule has 0 amide bonds. The second-order valence-corrected chi connectivity index (χ2v) is 4.83. The first-order chi connectivity index (χ1) is 9.08. The van der Waals surface area contributed by atoms with Gasteiger partial charge in [0.25, 0.3) is 0 Å². The van der Waals surface area contributed by atoms with Crippen molar-refractivity contribution in [3.05, 3.63) is 47.4 Å². The van der Waals surface area contributed by atoms with Gasteiger partial charge in [0, 0.05) is 16.8 Å². The summed E-state index contributed by atoms with van der Waals surface area (Å²) in [7, 11) is 0. The Labute approximate surface area is 113 Å². The molecule has 2 heterocycles. The molecule has 0 unspecified atom stereocenters. The molecule has 0 aliphatic heterocycles. The van der Waals surface area contributed by atoms with E-state index in [4.69, 9.17) is 10.4 Å². The molecule has 94 valence electrons. The minimum absolute atomic E-state index is 0.0156. The first-order valence-electron chi connectivity index (χ1n) is 5.34. The Bertz CT molecular complexity index is 680. The van der Waals surface area contributed by atoms with Crippen LogP contribution in [0.15, 0.2) is 40.4 Å². The molecule has 0 fully saturated rings. The van der Waals surface area contributed by atoms with E-state index in [0.717, 1.165) is 10.6 Å². The lowest BCUT2D eigenvalue weighted by Gasteiger charge is -2.03. The summed E-state index contributed by atoms with van der Waals surface area (Å²) in [6, 6.07) is 8.60. The van der Waals surface area contributed by atoms with Crippen molar-refractivity contribution in [1.29, 1.82) is 5.26 Å². The maximum Gasteiger partial charge on any atom is 0.354 e. The zero-order valence-corrected chi connectivity index (χ0v) is 10.8. The molecule has 0 radical (unpaired) electrons. The van der Waals surface area contributed by atoms with Gasteiger partial charge in [0.1, 0.15) is 10.7 Å². The fraction of sp³-hybridized carbons (Fsp3) is 0.0769. The highest BCUT2D eigenvalue weighted by Gasteiger charge is 2.07. The molecule has 5 nitrogen and oxygen atoms in total.